The van der Waals surface area contributed by atoms with Crippen molar-refractivity contribution in [1.82, 2.24) is 0 Å². The van der Waals surface area contributed by atoms with Gasteiger partial charge in [-0.15, -0.1) is 11.3 Å². The largest absolute Gasteiger partial charge is 0.311 e. The van der Waals surface area contributed by atoms with E-state index in [2.05, 4.69) is 292 Å². The van der Waals surface area contributed by atoms with Crippen LogP contribution in [0.15, 0.2) is 206 Å². The van der Waals surface area contributed by atoms with E-state index < -0.39 is 8.07 Å². The summed E-state index contributed by atoms with van der Waals surface area (Å²) in [6.07, 6.45) is 2.36. The van der Waals surface area contributed by atoms with E-state index >= 15 is 0 Å². The van der Waals surface area contributed by atoms with Gasteiger partial charge in [-0.2, -0.15) is 0 Å². The Morgan fingerprint density at radius 2 is 0.910 bits per heavy atom. The molecule has 0 amide bonds. The zero-order valence-electron chi connectivity index (χ0n) is 47.4. The maximum absolute atomic E-state index is 2.66. The van der Waals surface area contributed by atoms with Crippen molar-refractivity contribution in [3.05, 3.63) is 234 Å². The molecule has 0 spiro atoms. The summed E-state index contributed by atoms with van der Waals surface area (Å²) in [4.78, 5) is 5.24. The van der Waals surface area contributed by atoms with E-state index in [-0.39, 0.29) is 28.4 Å². The van der Waals surface area contributed by atoms with Gasteiger partial charge in [-0.05, 0) is 167 Å². The molecule has 2 nitrogen and oxygen atoms in total. The lowest BCUT2D eigenvalue weighted by atomic mass is 9.36. The minimum Gasteiger partial charge on any atom is -0.311 e. The summed E-state index contributed by atoms with van der Waals surface area (Å²) in [6.45, 7) is 26.2. The molecule has 1 aromatic heterocycles. The van der Waals surface area contributed by atoms with Crippen LogP contribution in [0.3, 0.4) is 0 Å². The van der Waals surface area contributed by atoms with Crippen LogP contribution in [0, 0.1) is 6.92 Å². The highest BCUT2D eigenvalue weighted by molar-refractivity contribution is 7.33. The summed E-state index contributed by atoms with van der Waals surface area (Å²) >= 11 is 2.03. The lowest BCUT2D eigenvalue weighted by molar-refractivity contribution is 0.332. The van der Waals surface area contributed by atoms with Crippen molar-refractivity contribution in [2.24, 2.45) is 0 Å². The monoisotopic (exact) mass is 1050 g/mol. The molecule has 1 aliphatic carbocycles. The maximum Gasteiger partial charge on any atom is 0.264 e. The van der Waals surface area contributed by atoms with E-state index in [9.17, 15) is 0 Å². The van der Waals surface area contributed by atoms with Gasteiger partial charge in [0, 0.05) is 43.3 Å². The summed E-state index contributed by atoms with van der Waals surface area (Å²) in [5.41, 5.74) is 19.9. The normalized spacial score (nSPS) is 15.4. The zero-order chi connectivity index (χ0) is 54.1. The van der Waals surface area contributed by atoms with Gasteiger partial charge in [0.15, 0.2) is 8.07 Å². The smallest absolute Gasteiger partial charge is 0.264 e. The third kappa shape index (κ3) is 8.01. The molecular formula is C73H71BN2SSi. The van der Waals surface area contributed by atoms with E-state index in [4.69, 9.17) is 0 Å². The van der Waals surface area contributed by atoms with Gasteiger partial charge in [-0.25, -0.2) is 0 Å². The molecule has 9 aromatic carbocycles. The summed E-state index contributed by atoms with van der Waals surface area (Å²) in [5.74, 6) is 0. The molecule has 0 fully saturated rings. The Bertz CT molecular complexity index is 3820. The number of benzene rings is 9. The van der Waals surface area contributed by atoms with Crippen LogP contribution in [0.2, 0.25) is 0 Å². The van der Waals surface area contributed by atoms with Gasteiger partial charge in [0.2, 0.25) is 0 Å². The molecule has 0 unspecified atom stereocenters. The Kier molecular flexibility index (Phi) is 11.7. The number of fused-ring (bicyclic) bond motifs is 7. The van der Waals surface area contributed by atoms with E-state index in [1.165, 1.54) is 132 Å². The van der Waals surface area contributed by atoms with E-state index in [0.717, 1.165) is 0 Å². The minimum absolute atomic E-state index is 0.0245. The predicted octanol–water partition coefficient (Wildman–Crippen LogP) is 15.3. The number of nitrogens with zero attached hydrogens (tertiary/aromatic N) is 2. The van der Waals surface area contributed by atoms with Crippen LogP contribution >= 0.6 is 11.3 Å². The van der Waals surface area contributed by atoms with Crippen molar-refractivity contribution in [2.75, 3.05) is 9.80 Å². The fourth-order valence-corrected chi connectivity index (χ4v) is 19.7. The van der Waals surface area contributed by atoms with Gasteiger partial charge in [0.05, 0.1) is 5.69 Å². The number of rotatable bonds is 7. The van der Waals surface area contributed by atoms with Crippen LogP contribution in [0.25, 0.3) is 21.2 Å². The number of anilines is 6. The van der Waals surface area contributed by atoms with Crippen molar-refractivity contribution in [3.63, 3.8) is 0 Å². The van der Waals surface area contributed by atoms with Gasteiger partial charge in [-0.1, -0.05) is 221 Å². The molecule has 10 aromatic rings. The Morgan fingerprint density at radius 1 is 0.462 bits per heavy atom. The second-order valence-electron chi connectivity index (χ2n) is 26.1. The van der Waals surface area contributed by atoms with Gasteiger partial charge < -0.3 is 9.80 Å². The first-order chi connectivity index (χ1) is 37.3. The first kappa shape index (κ1) is 50.3. The average molecular weight is 1050 g/mol. The van der Waals surface area contributed by atoms with Crippen LogP contribution in [0.5, 0.6) is 0 Å². The van der Waals surface area contributed by atoms with Crippen molar-refractivity contribution >= 4 is 107 Å². The Hall–Kier alpha value is -7.18. The lowest BCUT2D eigenvalue weighted by Gasteiger charge is -2.44. The number of thiophene rings is 1. The number of aryl methyl sites for hydroxylation is 1. The van der Waals surface area contributed by atoms with Crippen molar-refractivity contribution < 1.29 is 0 Å². The molecule has 0 saturated heterocycles. The van der Waals surface area contributed by atoms with Crippen molar-refractivity contribution in [2.45, 2.75) is 111 Å². The van der Waals surface area contributed by atoms with E-state index in [1.54, 1.807) is 0 Å². The average Bonchev–Trinajstić information content (AvgIpc) is 3.96. The van der Waals surface area contributed by atoms with E-state index in [0.29, 0.717) is 0 Å². The topological polar surface area (TPSA) is 6.48 Å². The third-order valence-electron chi connectivity index (χ3n) is 18.0. The Labute approximate surface area is 469 Å². The third-order valence-corrected chi connectivity index (χ3v) is 24.0. The summed E-state index contributed by atoms with van der Waals surface area (Å²) in [6, 6.07) is 79.8. The number of hydrogen-bond donors (Lipinski definition) is 0. The fraction of sp³-hybridized carbons (Fsp3) is 0.233. The standard InChI is InChI=1S/C73H71BN2SSi/c1-48-43-64-67-65(44-48)76(54-34-27-49(28-35-54)50-29-38-58(39-30-50)78(55-21-15-12-16-22-55,56-23-17-13-18-24-56)57-25-19-14-20-26-57)68-59-46-60-61(73(10,11)42-41-72(60,8)9)47-66(59)77-69(68)74(67)62-45-52(71(5,6)7)33-40-63(62)75(64)53-36-31-51(32-37-53)70(2,3)4/h12-40,43-47H,41-42H2,1-11H3. The minimum atomic E-state index is -2.66. The van der Waals surface area contributed by atoms with Gasteiger partial charge >= 0.3 is 0 Å². The molecule has 2 aliphatic heterocycles. The highest BCUT2D eigenvalue weighted by atomic mass is 32.1. The summed E-state index contributed by atoms with van der Waals surface area (Å²) in [5, 5.41) is 6.89. The van der Waals surface area contributed by atoms with E-state index in [1.807, 2.05) is 11.3 Å². The molecule has 5 heteroatoms. The van der Waals surface area contributed by atoms with Gasteiger partial charge in [-0.3, -0.25) is 0 Å². The SMILES string of the molecule is Cc1cc2c3c(c1)N(c1ccc(-c4ccc([Si](c5ccccc5)(c5ccccc5)c5ccccc5)cc4)cc1)c1c(sc4cc5c(cc14)C(C)(C)CCC5(C)C)B3c1cc(C(C)(C)C)ccc1N2c1ccc(C(C)(C)C)cc1. The molecule has 78 heavy (non-hydrogen) atoms. The second kappa shape index (κ2) is 18.2. The first-order valence-electron chi connectivity index (χ1n) is 28.3. The molecule has 0 radical (unpaired) electrons. The molecule has 0 bridgehead atoms. The quantitative estimate of drug-likeness (QED) is 0.116. The highest BCUT2D eigenvalue weighted by Gasteiger charge is 2.47. The van der Waals surface area contributed by atoms with Crippen LogP contribution < -0.4 is 46.2 Å². The van der Waals surface area contributed by atoms with Gasteiger partial charge in [0.1, 0.15) is 0 Å². The molecule has 3 aliphatic rings. The molecule has 0 saturated carbocycles. The van der Waals surface area contributed by atoms with Crippen LogP contribution in [0.4, 0.5) is 34.1 Å². The van der Waals surface area contributed by atoms with Gasteiger partial charge in [0.25, 0.3) is 6.71 Å². The Morgan fingerprint density at radius 3 is 1.44 bits per heavy atom. The molecular weight excluding hydrogens is 976 g/mol. The first-order valence-corrected chi connectivity index (χ1v) is 31.1. The Balaban J connectivity index is 1.01. The van der Waals surface area contributed by atoms with Crippen molar-refractivity contribution in [1.29, 1.82) is 0 Å². The summed E-state index contributed by atoms with van der Waals surface area (Å²) < 4.78 is 2.81. The predicted molar refractivity (Wildman–Crippen MR) is 342 cm³/mol. The maximum atomic E-state index is 2.66. The lowest BCUT2D eigenvalue weighted by Crippen LogP contribution is -2.74. The molecule has 0 atom stereocenters. The molecule has 386 valence electrons. The van der Waals surface area contributed by atoms with Crippen LogP contribution in [-0.4, -0.2) is 14.8 Å². The molecule has 0 N–H and O–H groups in total. The zero-order valence-corrected chi connectivity index (χ0v) is 49.2. The number of hydrogen-bond acceptors (Lipinski definition) is 3. The molecule has 3 heterocycles. The van der Waals surface area contributed by atoms with Crippen LogP contribution in [-0.2, 0) is 21.7 Å². The van der Waals surface area contributed by atoms with Crippen molar-refractivity contribution in [3.8, 4) is 11.1 Å². The summed E-state index contributed by atoms with van der Waals surface area (Å²) in [7, 11) is -2.66. The van der Waals surface area contributed by atoms with Crippen LogP contribution in [0.1, 0.15) is 110 Å². The highest BCUT2D eigenvalue weighted by Crippen LogP contribution is 2.53. The second-order valence-corrected chi connectivity index (χ2v) is 31.0. The fourth-order valence-electron chi connectivity index (χ4n) is 13.6. The molecule has 13 rings (SSSR count).